The number of aromatic amines is 2. The van der Waals surface area contributed by atoms with Crippen LogP contribution in [0.4, 0.5) is 17.1 Å². The first kappa shape index (κ1) is 42.6. The number of imidazole rings is 1. The zero-order valence-electron chi connectivity index (χ0n) is 32.6. The third kappa shape index (κ3) is 12.5. The summed E-state index contributed by atoms with van der Waals surface area (Å²) < 4.78 is 0. The molecule has 0 radical (unpaired) electrons. The standard InChI is InChI=1S/C40H52N10O6/c1-6-49(7-2)20-10-18-41-36(52)28-22-29(37(53)42-19-11-21-50(8-3)9-4)24-32(23-28)44-38(54)27-12-14-30(15-13-27)47-48-35(26(5)51)39(55)43-31-16-17-33-34(25-31)46-40(56)45-33/h12-17,22-25,47H,6-11,18-21H2,1-5H3,(H,41,52)(H,42,53)(H,43,55)(H,44,54)(H2,45,46,56)/b48-35-. The molecule has 4 rings (SSSR count). The number of ketones is 1. The number of Topliss-reactive ketones (excluding diaryl/α,β-unsaturated/α-hetero) is 1. The van der Waals surface area contributed by atoms with Crippen LogP contribution in [0.25, 0.3) is 11.0 Å². The first-order valence-electron chi connectivity index (χ1n) is 18.9. The smallest absolute Gasteiger partial charge is 0.323 e. The number of hydrogen-bond acceptors (Lipinski definition) is 10. The number of aromatic nitrogens is 2. The van der Waals surface area contributed by atoms with E-state index >= 15 is 0 Å². The fraction of sp³-hybridized carbons (Fsp3) is 0.375. The Labute approximate surface area is 325 Å². The van der Waals surface area contributed by atoms with Crippen LogP contribution >= 0.6 is 0 Å². The third-order valence-electron chi connectivity index (χ3n) is 9.14. The van der Waals surface area contributed by atoms with E-state index < -0.39 is 23.3 Å². The molecule has 0 unspecified atom stereocenters. The Hall–Kier alpha value is -6.13. The van der Waals surface area contributed by atoms with Crippen LogP contribution in [-0.4, -0.2) is 107 Å². The average molecular weight is 769 g/mol. The van der Waals surface area contributed by atoms with Crippen molar-refractivity contribution in [3.63, 3.8) is 0 Å². The van der Waals surface area contributed by atoms with E-state index in [2.05, 4.69) is 79.3 Å². The summed E-state index contributed by atoms with van der Waals surface area (Å²) in [6.45, 7) is 15.8. The van der Waals surface area contributed by atoms with E-state index in [0.717, 1.165) is 52.1 Å². The molecule has 1 aromatic heterocycles. The van der Waals surface area contributed by atoms with Gasteiger partial charge in [0.05, 0.1) is 16.7 Å². The molecule has 7 N–H and O–H groups in total. The second-order valence-electron chi connectivity index (χ2n) is 13.0. The summed E-state index contributed by atoms with van der Waals surface area (Å²) in [6.07, 6.45) is 1.52. The fourth-order valence-corrected chi connectivity index (χ4v) is 5.86. The van der Waals surface area contributed by atoms with Crippen LogP contribution in [0.2, 0.25) is 0 Å². The zero-order valence-corrected chi connectivity index (χ0v) is 32.6. The van der Waals surface area contributed by atoms with Crippen molar-refractivity contribution in [2.24, 2.45) is 5.10 Å². The van der Waals surface area contributed by atoms with Gasteiger partial charge < -0.3 is 41.0 Å². The molecule has 0 fully saturated rings. The minimum atomic E-state index is -0.763. The number of H-pyrrole nitrogens is 2. The maximum Gasteiger partial charge on any atom is 0.323 e. The van der Waals surface area contributed by atoms with Gasteiger partial charge in [0, 0.05) is 48.1 Å². The van der Waals surface area contributed by atoms with Crippen molar-refractivity contribution in [3.8, 4) is 0 Å². The second kappa shape index (κ2) is 21.1. The van der Waals surface area contributed by atoms with Crippen LogP contribution in [0.3, 0.4) is 0 Å². The molecule has 16 heteroatoms. The molecular weight excluding hydrogens is 717 g/mol. The molecular formula is C40H52N10O6. The monoisotopic (exact) mass is 768 g/mol. The lowest BCUT2D eigenvalue weighted by Gasteiger charge is -2.18. The summed E-state index contributed by atoms with van der Waals surface area (Å²) >= 11 is 0. The number of benzene rings is 3. The van der Waals surface area contributed by atoms with Crippen molar-refractivity contribution in [1.29, 1.82) is 0 Å². The first-order valence-corrected chi connectivity index (χ1v) is 18.9. The fourth-order valence-electron chi connectivity index (χ4n) is 5.86. The Balaban J connectivity index is 1.43. The van der Waals surface area contributed by atoms with Crippen molar-refractivity contribution < 1.29 is 24.0 Å². The lowest BCUT2D eigenvalue weighted by atomic mass is 10.1. The quantitative estimate of drug-likeness (QED) is 0.0282. The minimum Gasteiger partial charge on any atom is -0.352 e. The summed E-state index contributed by atoms with van der Waals surface area (Å²) in [4.78, 5) is 86.3. The van der Waals surface area contributed by atoms with E-state index in [-0.39, 0.29) is 39.9 Å². The average Bonchev–Trinajstić information content (AvgIpc) is 3.57. The minimum absolute atomic E-state index is 0.238. The van der Waals surface area contributed by atoms with Crippen molar-refractivity contribution >= 4 is 63.2 Å². The van der Waals surface area contributed by atoms with E-state index in [4.69, 9.17) is 0 Å². The number of hydrogen-bond donors (Lipinski definition) is 7. The Morgan fingerprint density at radius 1 is 0.607 bits per heavy atom. The van der Waals surface area contributed by atoms with Crippen molar-refractivity contribution in [2.75, 3.05) is 68.4 Å². The molecule has 0 aliphatic rings. The molecule has 0 aliphatic heterocycles. The molecule has 0 saturated carbocycles. The number of anilines is 3. The number of rotatable bonds is 21. The van der Waals surface area contributed by atoms with E-state index in [0.29, 0.717) is 35.5 Å². The van der Waals surface area contributed by atoms with Gasteiger partial charge in [0.2, 0.25) is 0 Å². The molecule has 0 atom stereocenters. The predicted molar refractivity (Wildman–Crippen MR) is 220 cm³/mol. The number of carbonyl (C=O) groups excluding carboxylic acids is 5. The number of hydrazone groups is 1. The molecule has 298 valence electrons. The molecule has 3 aromatic carbocycles. The van der Waals surface area contributed by atoms with Gasteiger partial charge in [0.25, 0.3) is 23.6 Å². The Bertz CT molecular complexity index is 2030. The molecule has 0 saturated heterocycles. The largest absolute Gasteiger partial charge is 0.352 e. The van der Waals surface area contributed by atoms with E-state index in [9.17, 15) is 28.8 Å². The van der Waals surface area contributed by atoms with Crippen molar-refractivity contribution in [1.82, 2.24) is 30.4 Å². The number of fused-ring (bicyclic) bond motifs is 1. The highest BCUT2D eigenvalue weighted by Gasteiger charge is 2.19. The van der Waals surface area contributed by atoms with Crippen LogP contribution in [0.5, 0.6) is 0 Å². The topological polar surface area (TPSA) is 213 Å². The molecule has 0 aliphatic carbocycles. The first-order chi connectivity index (χ1) is 26.9. The number of amides is 4. The van der Waals surface area contributed by atoms with Crippen LogP contribution in [0.15, 0.2) is 70.6 Å². The molecule has 0 bridgehead atoms. The Morgan fingerprint density at radius 2 is 1.14 bits per heavy atom. The SMILES string of the molecule is CCN(CC)CCCNC(=O)c1cc(NC(=O)c2ccc(N/N=C(/C(C)=O)C(=O)Nc3ccc4[nH]c(=O)[nH]c4c3)cc2)cc(C(=O)NCCCN(CC)CC)c1. The molecule has 4 aromatic rings. The summed E-state index contributed by atoms with van der Waals surface area (Å²) in [5, 5.41) is 15.2. The Kier molecular flexibility index (Phi) is 16.0. The zero-order chi connectivity index (χ0) is 40.6. The van der Waals surface area contributed by atoms with E-state index in [1.165, 1.54) is 37.3 Å². The normalized spacial score (nSPS) is 11.4. The summed E-state index contributed by atoms with van der Waals surface area (Å²) in [7, 11) is 0. The van der Waals surface area contributed by atoms with Crippen LogP contribution < -0.4 is 32.4 Å². The van der Waals surface area contributed by atoms with Gasteiger partial charge in [0.15, 0.2) is 11.5 Å². The van der Waals surface area contributed by atoms with Crippen molar-refractivity contribution in [2.45, 2.75) is 47.5 Å². The predicted octanol–water partition coefficient (Wildman–Crippen LogP) is 4.03. The molecule has 1 heterocycles. The maximum atomic E-state index is 13.4. The van der Waals surface area contributed by atoms with Gasteiger partial charge in [0.1, 0.15) is 0 Å². The summed E-state index contributed by atoms with van der Waals surface area (Å²) in [5.74, 6) is -2.56. The molecule has 4 amide bonds. The highest BCUT2D eigenvalue weighted by molar-refractivity contribution is 6.67. The van der Waals surface area contributed by atoms with Gasteiger partial charge in [-0.15, -0.1) is 0 Å². The molecule has 56 heavy (non-hydrogen) atoms. The number of nitrogens with zero attached hydrogens (tertiary/aromatic N) is 3. The van der Waals surface area contributed by atoms with Gasteiger partial charge in [-0.1, -0.05) is 27.7 Å². The Morgan fingerprint density at radius 3 is 1.68 bits per heavy atom. The molecule has 0 spiro atoms. The van der Waals surface area contributed by atoms with Gasteiger partial charge in [-0.25, -0.2) is 4.79 Å². The maximum absolute atomic E-state index is 13.4. The van der Waals surface area contributed by atoms with Gasteiger partial charge in [-0.2, -0.15) is 5.10 Å². The van der Waals surface area contributed by atoms with E-state index in [1.54, 1.807) is 30.3 Å². The summed E-state index contributed by atoms with van der Waals surface area (Å²) in [5.41, 5.74) is 4.67. The van der Waals surface area contributed by atoms with Gasteiger partial charge in [-0.3, -0.25) is 29.4 Å². The third-order valence-corrected chi connectivity index (χ3v) is 9.14. The lowest BCUT2D eigenvalue weighted by molar-refractivity contribution is -0.114. The van der Waals surface area contributed by atoms with Crippen LogP contribution in [-0.2, 0) is 9.59 Å². The number of carbonyl (C=O) groups is 5. The highest BCUT2D eigenvalue weighted by Crippen LogP contribution is 2.19. The molecule has 16 nitrogen and oxygen atoms in total. The van der Waals surface area contributed by atoms with Crippen molar-refractivity contribution in [3.05, 3.63) is 87.8 Å². The number of nitrogens with one attached hydrogen (secondary N) is 7. The van der Waals surface area contributed by atoms with Gasteiger partial charge >= 0.3 is 5.69 Å². The second-order valence-corrected chi connectivity index (χ2v) is 13.0. The highest BCUT2D eigenvalue weighted by atomic mass is 16.2. The van der Waals surface area contributed by atoms with Gasteiger partial charge in [-0.05, 0) is 113 Å². The van der Waals surface area contributed by atoms with E-state index in [1.807, 2.05) is 0 Å². The lowest BCUT2D eigenvalue weighted by Crippen LogP contribution is -2.31. The van der Waals surface area contributed by atoms with Crippen LogP contribution in [0, 0.1) is 0 Å². The summed E-state index contributed by atoms with van der Waals surface area (Å²) in [6, 6.07) is 15.4. The van der Waals surface area contributed by atoms with Crippen LogP contribution in [0.1, 0.15) is 78.5 Å².